The fourth-order valence-electron chi connectivity index (χ4n) is 6.92. The summed E-state index contributed by atoms with van der Waals surface area (Å²) in [6.45, 7) is 11.7. The van der Waals surface area contributed by atoms with Crippen LogP contribution in [-0.4, -0.2) is 83.3 Å². The lowest BCUT2D eigenvalue weighted by Crippen LogP contribution is -2.60. The summed E-state index contributed by atoms with van der Waals surface area (Å²) in [6, 6.07) is 3.24. The number of likely N-dealkylation sites (tertiary alicyclic amines) is 1. The van der Waals surface area contributed by atoms with Crippen molar-refractivity contribution >= 4 is 17.7 Å². The number of carbonyl (C=O) groups excluding carboxylic acids is 3. The van der Waals surface area contributed by atoms with E-state index in [0.29, 0.717) is 50.7 Å². The summed E-state index contributed by atoms with van der Waals surface area (Å²) in [5, 5.41) is 2.82. The van der Waals surface area contributed by atoms with Crippen LogP contribution in [0.2, 0.25) is 0 Å². The molecule has 0 aromatic heterocycles. The molecule has 2 saturated heterocycles. The summed E-state index contributed by atoms with van der Waals surface area (Å²) in [4.78, 5) is 45.3. The monoisotopic (exact) mass is 560 g/mol. The molecule has 7 nitrogen and oxygen atoms in total. The van der Waals surface area contributed by atoms with Gasteiger partial charge in [-0.3, -0.25) is 19.3 Å². The molecular formula is C31H46F2N4O3. The van der Waals surface area contributed by atoms with Gasteiger partial charge in [-0.25, -0.2) is 8.78 Å². The van der Waals surface area contributed by atoms with Crippen LogP contribution in [0.15, 0.2) is 18.2 Å². The zero-order chi connectivity index (χ0) is 29.2. The molecule has 4 atom stereocenters. The summed E-state index contributed by atoms with van der Waals surface area (Å²) >= 11 is 0. The predicted molar refractivity (Wildman–Crippen MR) is 150 cm³/mol. The Hall–Kier alpha value is -2.55. The average Bonchev–Trinajstić information content (AvgIpc) is 3.32. The normalized spacial score (nSPS) is 25.6. The van der Waals surface area contributed by atoms with E-state index in [2.05, 4.69) is 10.2 Å². The van der Waals surface area contributed by atoms with Gasteiger partial charge in [0.2, 0.25) is 17.7 Å². The van der Waals surface area contributed by atoms with Crippen LogP contribution in [0, 0.1) is 23.0 Å². The van der Waals surface area contributed by atoms with Gasteiger partial charge in [0.25, 0.3) is 0 Å². The second-order valence-corrected chi connectivity index (χ2v) is 13.3. The lowest BCUT2D eigenvalue weighted by atomic mass is 9.86. The highest BCUT2D eigenvalue weighted by Crippen LogP contribution is 2.39. The second-order valence-electron chi connectivity index (χ2n) is 13.3. The minimum absolute atomic E-state index is 0.0280. The van der Waals surface area contributed by atoms with Gasteiger partial charge in [-0.2, -0.15) is 0 Å². The molecule has 4 rings (SSSR count). The molecule has 3 fully saturated rings. The number of benzene rings is 1. The maximum Gasteiger partial charge on any atom is 0.245 e. The molecule has 0 spiro atoms. The Labute approximate surface area is 237 Å². The van der Waals surface area contributed by atoms with Crippen molar-refractivity contribution in [2.45, 2.75) is 97.2 Å². The molecule has 1 aromatic carbocycles. The Morgan fingerprint density at radius 3 is 2.33 bits per heavy atom. The van der Waals surface area contributed by atoms with Crippen molar-refractivity contribution in [3.05, 3.63) is 35.4 Å². The van der Waals surface area contributed by atoms with Gasteiger partial charge >= 0.3 is 0 Å². The van der Waals surface area contributed by atoms with Crippen LogP contribution in [0.3, 0.4) is 0 Å². The lowest BCUT2D eigenvalue weighted by Gasteiger charge is -2.43. The minimum Gasteiger partial charge on any atom is -0.345 e. The first-order valence-electron chi connectivity index (χ1n) is 14.9. The zero-order valence-electron chi connectivity index (χ0n) is 24.7. The first-order chi connectivity index (χ1) is 18.8. The maximum absolute atomic E-state index is 15.0. The van der Waals surface area contributed by atoms with E-state index in [1.807, 2.05) is 32.6 Å². The van der Waals surface area contributed by atoms with Gasteiger partial charge in [0.1, 0.15) is 17.7 Å². The van der Waals surface area contributed by atoms with Crippen LogP contribution >= 0.6 is 0 Å². The molecule has 2 heterocycles. The highest BCUT2D eigenvalue weighted by atomic mass is 19.1. The number of hydrogen-bond donors (Lipinski definition) is 1. The Kier molecular flexibility index (Phi) is 9.53. The fraction of sp³-hybridized carbons (Fsp3) is 0.710. The van der Waals surface area contributed by atoms with E-state index in [1.54, 1.807) is 4.90 Å². The SMILES string of the molecule is CC(=O)N[C@@H](CC(C)(C)C)C(=O)N1CCN(C(=O)[C@@H]2CN(C3CCCCC3)C[C@H]2c2ccc(F)cc2F)[C@@H](C)C1. The van der Waals surface area contributed by atoms with Gasteiger partial charge in [-0.1, -0.05) is 46.1 Å². The van der Waals surface area contributed by atoms with Crippen LogP contribution in [0.4, 0.5) is 8.78 Å². The lowest BCUT2D eigenvalue weighted by molar-refractivity contribution is -0.147. The highest BCUT2D eigenvalue weighted by molar-refractivity contribution is 5.87. The molecule has 0 radical (unpaired) electrons. The number of hydrogen-bond acceptors (Lipinski definition) is 4. The summed E-state index contributed by atoms with van der Waals surface area (Å²) in [6.07, 6.45) is 6.24. The van der Waals surface area contributed by atoms with Gasteiger partial charge in [0.05, 0.1) is 5.92 Å². The Morgan fingerprint density at radius 2 is 1.73 bits per heavy atom. The van der Waals surface area contributed by atoms with E-state index in [0.717, 1.165) is 31.7 Å². The van der Waals surface area contributed by atoms with E-state index in [4.69, 9.17) is 0 Å². The molecule has 0 bridgehead atoms. The van der Waals surface area contributed by atoms with Crippen molar-refractivity contribution in [3.8, 4) is 0 Å². The van der Waals surface area contributed by atoms with Gasteiger partial charge in [-0.15, -0.1) is 0 Å². The van der Waals surface area contributed by atoms with Crippen LogP contribution < -0.4 is 5.32 Å². The first-order valence-corrected chi connectivity index (χ1v) is 14.9. The number of amides is 3. The molecule has 1 saturated carbocycles. The van der Waals surface area contributed by atoms with Crippen LogP contribution in [0.1, 0.15) is 84.6 Å². The van der Waals surface area contributed by atoms with E-state index in [1.165, 1.54) is 25.5 Å². The fourth-order valence-corrected chi connectivity index (χ4v) is 6.92. The molecule has 1 aliphatic carbocycles. The molecule has 0 unspecified atom stereocenters. The molecule has 9 heteroatoms. The molecule has 40 heavy (non-hydrogen) atoms. The first kappa shape index (κ1) is 30.4. The third kappa shape index (κ3) is 7.20. The molecule has 3 aliphatic rings. The van der Waals surface area contributed by atoms with Gasteiger partial charge in [0.15, 0.2) is 0 Å². The van der Waals surface area contributed by atoms with E-state index < -0.39 is 23.6 Å². The van der Waals surface area contributed by atoms with Crippen molar-refractivity contribution in [2.75, 3.05) is 32.7 Å². The Balaban J connectivity index is 1.50. The molecule has 1 N–H and O–H groups in total. The Morgan fingerprint density at radius 1 is 1.02 bits per heavy atom. The van der Waals surface area contributed by atoms with Crippen LogP contribution in [-0.2, 0) is 14.4 Å². The zero-order valence-corrected chi connectivity index (χ0v) is 24.7. The van der Waals surface area contributed by atoms with Crippen molar-refractivity contribution in [1.82, 2.24) is 20.0 Å². The van der Waals surface area contributed by atoms with Crippen LogP contribution in [0.25, 0.3) is 0 Å². The smallest absolute Gasteiger partial charge is 0.245 e. The largest absolute Gasteiger partial charge is 0.345 e. The van der Waals surface area contributed by atoms with Crippen molar-refractivity contribution in [2.24, 2.45) is 11.3 Å². The highest BCUT2D eigenvalue weighted by Gasteiger charge is 2.45. The quantitative estimate of drug-likeness (QED) is 0.563. The van der Waals surface area contributed by atoms with E-state index in [-0.39, 0.29) is 35.1 Å². The van der Waals surface area contributed by atoms with Gasteiger partial charge in [0, 0.05) is 63.7 Å². The van der Waals surface area contributed by atoms with Crippen LogP contribution in [0.5, 0.6) is 0 Å². The third-order valence-corrected chi connectivity index (χ3v) is 8.83. The van der Waals surface area contributed by atoms with Crippen molar-refractivity contribution in [1.29, 1.82) is 0 Å². The molecule has 1 aromatic rings. The summed E-state index contributed by atoms with van der Waals surface area (Å²) < 4.78 is 28.7. The standard InChI is InChI=1S/C31H46F2N4O3/c1-20-17-35(30(40)28(34-21(2)38)16-31(3,4)5)13-14-37(20)29(39)26-19-36(23-9-7-6-8-10-23)18-25(26)24-12-11-22(32)15-27(24)33/h11-12,15,20,23,25-26,28H,6-10,13-14,16-19H2,1-5H3,(H,34,38)/t20-,25-,26+,28-/m0/s1. The van der Waals surface area contributed by atoms with Crippen molar-refractivity contribution in [3.63, 3.8) is 0 Å². The summed E-state index contributed by atoms with van der Waals surface area (Å²) in [7, 11) is 0. The van der Waals surface area contributed by atoms with Gasteiger partial charge in [-0.05, 0) is 43.2 Å². The van der Waals surface area contributed by atoms with Gasteiger partial charge < -0.3 is 15.1 Å². The molecule has 3 amide bonds. The predicted octanol–water partition coefficient (Wildman–Crippen LogP) is 4.31. The summed E-state index contributed by atoms with van der Waals surface area (Å²) in [5.41, 5.74) is 0.253. The number of piperazine rings is 1. The molecule has 222 valence electrons. The number of nitrogens with one attached hydrogen (secondary N) is 1. The Bertz CT molecular complexity index is 1080. The number of halogens is 2. The number of rotatable bonds is 6. The van der Waals surface area contributed by atoms with E-state index >= 15 is 0 Å². The topological polar surface area (TPSA) is 73.0 Å². The molecular weight excluding hydrogens is 514 g/mol. The van der Waals surface area contributed by atoms with E-state index in [9.17, 15) is 23.2 Å². The second kappa shape index (κ2) is 12.5. The molecule has 2 aliphatic heterocycles. The van der Waals surface area contributed by atoms with Crippen molar-refractivity contribution < 1.29 is 23.2 Å². The minimum atomic E-state index is -0.621. The number of carbonyl (C=O) groups is 3. The average molecular weight is 561 g/mol. The maximum atomic E-state index is 15.0. The third-order valence-electron chi connectivity index (χ3n) is 8.83. The number of nitrogens with zero attached hydrogens (tertiary/aromatic N) is 3. The summed E-state index contributed by atoms with van der Waals surface area (Å²) in [5.74, 6) is -2.39.